The fourth-order valence-electron chi connectivity index (χ4n) is 3.82. The van der Waals surface area contributed by atoms with Crippen molar-refractivity contribution in [2.24, 2.45) is 0 Å². The average molecular weight is 301 g/mol. The lowest BCUT2D eigenvalue weighted by Crippen LogP contribution is -2.41. The lowest BCUT2D eigenvalue weighted by Gasteiger charge is -2.38. The second-order valence-corrected chi connectivity index (χ2v) is 6.73. The summed E-state index contributed by atoms with van der Waals surface area (Å²) in [5.74, 6) is 0.730. The zero-order valence-corrected chi connectivity index (χ0v) is 13.6. The van der Waals surface area contributed by atoms with Gasteiger partial charge >= 0.3 is 0 Å². The molecule has 0 radical (unpaired) electrons. The van der Waals surface area contributed by atoms with Gasteiger partial charge in [-0.3, -0.25) is 0 Å². The van der Waals surface area contributed by atoms with Gasteiger partial charge in [0.15, 0.2) is 0 Å². The Morgan fingerprint density at radius 1 is 0.826 bits per heavy atom. The van der Waals surface area contributed by atoms with Crippen LogP contribution in [0.4, 0.5) is 0 Å². The SMILES string of the molecule is C[C@@H](NC1CC(c2ccccc2)C1)c1cccc2ccccc12. The molecule has 1 saturated carbocycles. The number of rotatable bonds is 4. The summed E-state index contributed by atoms with van der Waals surface area (Å²) in [5.41, 5.74) is 2.90. The van der Waals surface area contributed by atoms with E-state index in [2.05, 4.69) is 85.0 Å². The topological polar surface area (TPSA) is 12.0 Å². The van der Waals surface area contributed by atoms with E-state index in [1.54, 1.807) is 0 Å². The average Bonchev–Trinajstić information content (AvgIpc) is 2.58. The maximum atomic E-state index is 3.82. The van der Waals surface area contributed by atoms with Gasteiger partial charge in [-0.05, 0) is 47.6 Å². The third-order valence-electron chi connectivity index (χ3n) is 5.18. The van der Waals surface area contributed by atoms with Crippen LogP contribution in [-0.4, -0.2) is 6.04 Å². The molecule has 0 unspecified atom stereocenters. The van der Waals surface area contributed by atoms with Crippen LogP contribution in [0.1, 0.15) is 42.9 Å². The molecule has 1 N–H and O–H groups in total. The summed E-state index contributed by atoms with van der Waals surface area (Å²) in [6.07, 6.45) is 2.50. The minimum Gasteiger partial charge on any atom is -0.307 e. The van der Waals surface area contributed by atoms with Crippen LogP contribution in [0, 0.1) is 0 Å². The Labute approximate surface area is 138 Å². The Kier molecular flexibility index (Phi) is 3.88. The normalized spacial score (nSPS) is 21.8. The Balaban J connectivity index is 1.44. The maximum Gasteiger partial charge on any atom is 0.0300 e. The summed E-state index contributed by atoms with van der Waals surface area (Å²) < 4.78 is 0. The highest BCUT2D eigenvalue weighted by Gasteiger charge is 2.31. The van der Waals surface area contributed by atoms with Crippen LogP contribution in [-0.2, 0) is 0 Å². The van der Waals surface area contributed by atoms with Gasteiger partial charge in [0, 0.05) is 12.1 Å². The van der Waals surface area contributed by atoms with Crippen molar-refractivity contribution >= 4 is 10.8 Å². The van der Waals surface area contributed by atoms with Gasteiger partial charge in [0.2, 0.25) is 0 Å². The first-order valence-electron chi connectivity index (χ1n) is 8.60. The van der Waals surface area contributed by atoms with E-state index < -0.39 is 0 Å². The summed E-state index contributed by atoms with van der Waals surface area (Å²) in [5, 5.41) is 6.52. The van der Waals surface area contributed by atoms with Crippen molar-refractivity contribution in [3.05, 3.63) is 83.9 Å². The molecule has 23 heavy (non-hydrogen) atoms. The molecule has 0 amide bonds. The first-order valence-corrected chi connectivity index (χ1v) is 8.60. The van der Waals surface area contributed by atoms with Crippen molar-refractivity contribution in [1.29, 1.82) is 0 Å². The second-order valence-electron chi connectivity index (χ2n) is 6.73. The second kappa shape index (κ2) is 6.17. The molecule has 1 aliphatic rings. The highest BCUT2D eigenvalue weighted by molar-refractivity contribution is 5.86. The van der Waals surface area contributed by atoms with Gasteiger partial charge in [0.1, 0.15) is 0 Å². The molecule has 1 aliphatic carbocycles. The number of hydrogen-bond donors (Lipinski definition) is 1. The molecule has 0 saturated heterocycles. The van der Waals surface area contributed by atoms with Crippen molar-refractivity contribution in [3.63, 3.8) is 0 Å². The molecule has 4 rings (SSSR count). The van der Waals surface area contributed by atoms with E-state index in [-0.39, 0.29) is 0 Å². The van der Waals surface area contributed by atoms with Gasteiger partial charge in [0.05, 0.1) is 0 Å². The number of hydrogen-bond acceptors (Lipinski definition) is 1. The Morgan fingerprint density at radius 3 is 2.35 bits per heavy atom. The van der Waals surface area contributed by atoms with E-state index in [9.17, 15) is 0 Å². The van der Waals surface area contributed by atoms with Crippen LogP contribution >= 0.6 is 0 Å². The Hall–Kier alpha value is -2.12. The molecular formula is C22H23N. The van der Waals surface area contributed by atoms with Crippen LogP contribution in [0.25, 0.3) is 10.8 Å². The fraction of sp³-hybridized carbons (Fsp3) is 0.273. The predicted molar refractivity (Wildman–Crippen MR) is 97.7 cm³/mol. The van der Waals surface area contributed by atoms with Crippen LogP contribution in [0.3, 0.4) is 0 Å². The van der Waals surface area contributed by atoms with Gasteiger partial charge < -0.3 is 5.32 Å². The zero-order chi connectivity index (χ0) is 15.6. The van der Waals surface area contributed by atoms with E-state index in [0.717, 1.165) is 5.92 Å². The van der Waals surface area contributed by atoms with Gasteiger partial charge in [0.25, 0.3) is 0 Å². The van der Waals surface area contributed by atoms with E-state index in [1.165, 1.54) is 34.7 Å². The van der Waals surface area contributed by atoms with Crippen LogP contribution in [0.2, 0.25) is 0 Å². The van der Waals surface area contributed by atoms with Crippen molar-refractivity contribution < 1.29 is 0 Å². The smallest absolute Gasteiger partial charge is 0.0300 e. The largest absolute Gasteiger partial charge is 0.307 e. The standard InChI is InChI=1S/C22H23N/c1-16(21-13-7-11-18-10-5-6-12-22(18)21)23-20-14-19(15-20)17-8-3-2-4-9-17/h2-13,16,19-20,23H,14-15H2,1H3/t16-,19?,20?/m1/s1. The van der Waals surface area contributed by atoms with E-state index in [0.29, 0.717) is 12.1 Å². The highest BCUT2D eigenvalue weighted by atomic mass is 15.0. The van der Waals surface area contributed by atoms with Crippen molar-refractivity contribution in [3.8, 4) is 0 Å². The minimum atomic E-state index is 0.392. The molecule has 1 fully saturated rings. The van der Waals surface area contributed by atoms with E-state index in [4.69, 9.17) is 0 Å². The monoisotopic (exact) mass is 301 g/mol. The summed E-state index contributed by atoms with van der Waals surface area (Å²) in [6, 6.07) is 27.2. The molecule has 0 bridgehead atoms. The summed E-state index contributed by atoms with van der Waals surface area (Å²) in [7, 11) is 0. The van der Waals surface area contributed by atoms with E-state index >= 15 is 0 Å². The van der Waals surface area contributed by atoms with Gasteiger partial charge in [-0.1, -0.05) is 72.8 Å². The number of benzene rings is 3. The van der Waals surface area contributed by atoms with Gasteiger partial charge in [-0.2, -0.15) is 0 Å². The van der Waals surface area contributed by atoms with Gasteiger partial charge in [-0.15, -0.1) is 0 Å². The Morgan fingerprint density at radius 2 is 1.52 bits per heavy atom. The van der Waals surface area contributed by atoms with Crippen LogP contribution in [0.5, 0.6) is 0 Å². The number of fused-ring (bicyclic) bond motifs is 1. The third kappa shape index (κ3) is 2.89. The molecule has 0 heterocycles. The zero-order valence-electron chi connectivity index (χ0n) is 13.6. The predicted octanol–water partition coefficient (Wildman–Crippen LogP) is 5.44. The maximum absolute atomic E-state index is 3.82. The van der Waals surface area contributed by atoms with Crippen LogP contribution < -0.4 is 5.32 Å². The molecule has 3 aromatic carbocycles. The molecular weight excluding hydrogens is 278 g/mol. The molecule has 0 spiro atoms. The fourth-order valence-corrected chi connectivity index (χ4v) is 3.82. The quantitative estimate of drug-likeness (QED) is 0.677. The first kappa shape index (κ1) is 14.5. The first-order chi connectivity index (χ1) is 11.3. The molecule has 1 nitrogen and oxygen atoms in total. The molecule has 3 aromatic rings. The molecule has 0 aromatic heterocycles. The molecule has 1 heteroatoms. The molecule has 116 valence electrons. The minimum absolute atomic E-state index is 0.392. The number of nitrogens with one attached hydrogen (secondary N) is 1. The highest BCUT2D eigenvalue weighted by Crippen LogP contribution is 2.38. The van der Waals surface area contributed by atoms with Crippen molar-refractivity contribution in [2.75, 3.05) is 0 Å². The summed E-state index contributed by atoms with van der Waals surface area (Å²) >= 11 is 0. The van der Waals surface area contributed by atoms with Crippen molar-refractivity contribution in [2.45, 2.75) is 37.8 Å². The Bertz CT molecular complexity index is 782. The summed E-state index contributed by atoms with van der Waals surface area (Å²) in [6.45, 7) is 2.29. The molecule has 0 aliphatic heterocycles. The van der Waals surface area contributed by atoms with Crippen LogP contribution in [0.15, 0.2) is 72.8 Å². The molecule has 1 atom stereocenters. The van der Waals surface area contributed by atoms with Crippen molar-refractivity contribution in [1.82, 2.24) is 5.32 Å². The van der Waals surface area contributed by atoms with E-state index in [1.807, 2.05) is 0 Å². The lowest BCUT2D eigenvalue weighted by molar-refractivity contribution is 0.271. The third-order valence-corrected chi connectivity index (χ3v) is 5.18. The summed E-state index contributed by atoms with van der Waals surface area (Å²) in [4.78, 5) is 0. The lowest BCUT2D eigenvalue weighted by atomic mass is 9.75. The van der Waals surface area contributed by atoms with Gasteiger partial charge in [-0.25, -0.2) is 0 Å².